The van der Waals surface area contributed by atoms with E-state index in [1.165, 1.54) is 30.6 Å². The van der Waals surface area contributed by atoms with Gasteiger partial charge in [-0.05, 0) is 29.8 Å². The lowest BCUT2D eigenvalue weighted by atomic mass is 10.0. The lowest BCUT2D eigenvalue weighted by molar-refractivity contribution is -0.137. The fraction of sp³-hybridized carbons (Fsp3) is 0.200. The second-order valence-electron chi connectivity index (χ2n) is 6.21. The van der Waals surface area contributed by atoms with Crippen molar-refractivity contribution in [2.75, 3.05) is 5.32 Å². The number of rotatable bonds is 6. The van der Waals surface area contributed by atoms with Gasteiger partial charge in [-0.3, -0.25) is 9.78 Å². The zero-order chi connectivity index (χ0) is 21.0. The summed E-state index contributed by atoms with van der Waals surface area (Å²) in [5, 5.41) is 12.4. The number of carbonyl (C=O) groups is 1. The molecule has 1 aromatic carbocycles. The molecule has 1 atom stereocenters. The number of phenolic OH excluding ortho intramolecular Hbond substituents is 1. The monoisotopic (exact) mass is 402 g/mol. The van der Waals surface area contributed by atoms with Gasteiger partial charge in [0.1, 0.15) is 17.6 Å². The van der Waals surface area contributed by atoms with Gasteiger partial charge in [0.25, 0.3) is 0 Å². The largest absolute Gasteiger partial charge is 0.508 e. The predicted molar refractivity (Wildman–Crippen MR) is 100 cm³/mol. The molecule has 0 radical (unpaired) electrons. The molecule has 6 nitrogen and oxygen atoms in total. The molecule has 3 rings (SSSR count). The molecule has 29 heavy (non-hydrogen) atoms. The van der Waals surface area contributed by atoms with Gasteiger partial charge in [-0.1, -0.05) is 19.1 Å². The number of ketones is 1. The maximum Gasteiger partial charge on any atom is 0.417 e. The maximum absolute atomic E-state index is 12.9. The van der Waals surface area contributed by atoms with Crippen molar-refractivity contribution in [3.05, 3.63) is 66.1 Å². The van der Waals surface area contributed by atoms with Gasteiger partial charge in [-0.25, -0.2) is 9.97 Å². The van der Waals surface area contributed by atoms with Crippen LogP contribution in [-0.4, -0.2) is 25.8 Å². The zero-order valence-corrected chi connectivity index (χ0v) is 15.3. The van der Waals surface area contributed by atoms with E-state index >= 15 is 0 Å². The highest BCUT2D eigenvalue weighted by Gasteiger charge is 2.31. The van der Waals surface area contributed by atoms with Crippen molar-refractivity contribution in [1.82, 2.24) is 15.0 Å². The molecule has 0 bridgehead atoms. The number of carbonyl (C=O) groups excluding carboxylic acids is 1. The van der Waals surface area contributed by atoms with Gasteiger partial charge in [0, 0.05) is 30.6 Å². The minimum Gasteiger partial charge on any atom is -0.508 e. The van der Waals surface area contributed by atoms with Crippen LogP contribution in [-0.2, 0) is 11.0 Å². The summed E-state index contributed by atoms with van der Waals surface area (Å²) in [5.41, 5.74) is -0.179. The number of nitrogens with zero attached hydrogens (tertiary/aromatic N) is 3. The van der Waals surface area contributed by atoms with E-state index in [1.54, 1.807) is 19.1 Å². The first-order chi connectivity index (χ1) is 13.8. The highest BCUT2D eigenvalue weighted by Crippen LogP contribution is 2.31. The molecule has 0 aliphatic carbocycles. The number of nitrogens with one attached hydrogen (secondary N) is 1. The van der Waals surface area contributed by atoms with Crippen LogP contribution in [0.3, 0.4) is 0 Å². The molecule has 2 aromatic heterocycles. The Hall–Kier alpha value is -3.49. The first-order valence-corrected chi connectivity index (χ1v) is 8.71. The van der Waals surface area contributed by atoms with Gasteiger partial charge in [0.05, 0.1) is 5.56 Å². The molecule has 1 unspecified atom stereocenters. The highest BCUT2D eigenvalue weighted by molar-refractivity contribution is 5.87. The molecule has 0 aliphatic heterocycles. The van der Waals surface area contributed by atoms with Gasteiger partial charge >= 0.3 is 6.18 Å². The number of pyridine rings is 1. The second-order valence-corrected chi connectivity index (χ2v) is 6.21. The van der Waals surface area contributed by atoms with Crippen molar-refractivity contribution >= 4 is 11.6 Å². The van der Waals surface area contributed by atoms with E-state index in [-0.39, 0.29) is 35.2 Å². The number of halogens is 3. The van der Waals surface area contributed by atoms with E-state index in [1.807, 2.05) is 0 Å². The van der Waals surface area contributed by atoms with Crippen LogP contribution in [0.4, 0.5) is 19.0 Å². The van der Waals surface area contributed by atoms with Gasteiger partial charge in [0.15, 0.2) is 11.6 Å². The lowest BCUT2D eigenvalue weighted by Gasteiger charge is -2.18. The van der Waals surface area contributed by atoms with Crippen LogP contribution in [0.15, 0.2) is 55.0 Å². The summed E-state index contributed by atoms with van der Waals surface area (Å²) in [4.78, 5) is 24.3. The molecule has 0 amide bonds. The third-order valence-electron chi connectivity index (χ3n) is 4.17. The SMILES string of the molecule is CCC(=O)C(Nc1ccnc(-c2cncc(C(F)(F)F)c2)n1)c1ccc(O)cc1. The number of alkyl halides is 3. The minimum absolute atomic E-state index is 0.0435. The van der Waals surface area contributed by atoms with Crippen LogP contribution in [0.5, 0.6) is 5.75 Å². The molecule has 0 saturated carbocycles. The van der Waals surface area contributed by atoms with Crippen molar-refractivity contribution in [2.45, 2.75) is 25.6 Å². The molecule has 2 heterocycles. The number of aromatic hydroxyl groups is 1. The smallest absolute Gasteiger partial charge is 0.417 e. The summed E-state index contributed by atoms with van der Waals surface area (Å²) in [6, 6.07) is 7.85. The standard InChI is InChI=1S/C20H17F3N4O2/c1-2-16(29)18(12-3-5-15(28)6-4-12)26-17-7-8-25-19(27-17)13-9-14(11-24-10-13)20(21,22)23/h3-11,18,28H,2H2,1H3,(H,25,26,27). The van der Waals surface area contributed by atoms with Gasteiger partial charge in [0.2, 0.25) is 0 Å². The lowest BCUT2D eigenvalue weighted by Crippen LogP contribution is -2.21. The van der Waals surface area contributed by atoms with Gasteiger partial charge in [-0.2, -0.15) is 13.2 Å². The van der Waals surface area contributed by atoms with Crippen LogP contribution in [0.1, 0.15) is 30.5 Å². The summed E-state index contributed by atoms with van der Waals surface area (Å²) in [5.74, 6) is 0.267. The average Bonchev–Trinajstić information content (AvgIpc) is 2.72. The number of benzene rings is 1. The Morgan fingerprint density at radius 3 is 2.55 bits per heavy atom. The van der Waals surface area contributed by atoms with Crippen LogP contribution in [0, 0.1) is 0 Å². The van der Waals surface area contributed by atoms with Crippen LogP contribution >= 0.6 is 0 Å². The first-order valence-electron chi connectivity index (χ1n) is 8.71. The molecule has 0 saturated heterocycles. The van der Waals surface area contributed by atoms with Crippen molar-refractivity contribution in [1.29, 1.82) is 0 Å². The van der Waals surface area contributed by atoms with E-state index in [2.05, 4.69) is 20.3 Å². The van der Waals surface area contributed by atoms with E-state index in [0.717, 1.165) is 12.3 Å². The molecule has 0 spiro atoms. The van der Waals surface area contributed by atoms with Gasteiger partial charge < -0.3 is 10.4 Å². The molecule has 0 fully saturated rings. The maximum atomic E-state index is 12.9. The summed E-state index contributed by atoms with van der Waals surface area (Å²) < 4.78 is 38.8. The molecule has 3 aromatic rings. The topological polar surface area (TPSA) is 88.0 Å². The third kappa shape index (κ3) is 4.87. The Kier molecular flexibility index (Phi) is 5.76. The summed E-state index contributed by atoms with van der Waals surface area (Å²) >= 11 is 0. The van der Waals surface area contributed by atoms with Crippen molar-refractivity contribution in [3.63, 3.8) is 0 Å². The van der Waals surface area contributed by atoms with Crippen molar-refractivity contribution < 1.29 is 23.1 Å². The minimum atomic E-state index is -4.53. The highest BCUT2D eigenvalue weighted by atomic mass is 19.4. The molecule has 150 valence electrons. The molecule has 0 aliphatic rings. The average molecular weight is 402 g/mol. The Balaban J connectivity index is 1.92. The van der Waals surface area contributed by atoms with E-state index in [4.69, 9.17) is 0 Å². The van der Waals surface area contributed by atoms with Crippen LogP contribution < -0.4 is 5.32 Å². The van der Waals surface area contributed by atoms with Crippen LogP contribution in [0.25, 0.3) is 11.4 Å². The zero-order valence-electron chi connectivity index (χ0n) is 15.3. The second kappa shape index (κ2) is 8.26. The number of hydrogen-bond donors (Lipinski definition) is 2. The Bertz CT molecular complexity index is 1010. The van der Waals surface area contributed by atoms with Gasteiger partial charge in [-0.15, -0.1) is 0 Å². The summed E-state index contributed by atoms with van der Waals surface area (Å²) in [6.45, 7) is 1.72. The van der Waals surface area contributed by atoms with E-state index in [9.17, 15) is 23.1 Å². The predicted octanol–water partition coefficient (Wildman–Crippen LogP) is 4.40. The summed E-state index contributed by atoms with van der Waals surface area (Å²) in [6.07, 6.45) is -0.922. The Labute approximate surface area is 164 Å². The molecular weight excluding hydrogens is 385 g/mol. The van der Waals surface area contributed by atoms with Crippen molar-refractivity contribution in [2.24, 2.45) is 0 Å². The normalized spacial score (nSPS) is 12.4. The molecular formula is C20H17F3N4O2. The third-order valence-corrected chi connectivity index (χ3v) is 4.17. The van der Waals surface area contributed by atoms with Crippen LogP contribution in [0.2, 0.25) is 0 Å². The number of aromatic nitrogens is 3. The number of hydrogen-bond acceptors (Lipinski definition) is 6. The molecule has 2 N–H and O–H groups in total. The number of anilines is 1. The fourth-order valence-electron chi connectivity index (χ4n) is 2.66. The van der Waals surface area contributed by atoms with E-state index < -0.39 is 17.8 Å². The fourth-order valence-corrected chi connectivity index (χ4v) is 2.66. The van der Waals surface area contributed by atoms with E-state index in [0.29, 0.717) is 5.56 Å². The Morgan fingerprint density at radius 2 is 1.90 bits per heavy atom. The number of Topliss-reactive ketones (excluding diaryl/α,β-unsaturated/α-hetero) is 1. The first kappa shape index (κ1) is 20.2. The Morgan fingerprint density at radius 1 is 1.17 bits per heavy atom. The number of phenols is 1. The van der Waals surface area contributed by atoms with Crippen molar-refractivity contribution in [3.8, 4) is 17.1 Å². The quantitative estimate of drug-likeness (QED) is 0.636. The molecule has 9 heteroatoms. The summed E-state index contributed by atoms with van der Waals surface area (Å²) in [7, 11) is 0.